The number of aryl methyl sites for hydroxylation is 1. The van der Waals surface area contributed by atoms with E-state index in [9.17, 15) is 4.39 Å². The van der Waals surface area contributed by atoms with Crippen LogP contribution in [0.5, 0.6) is 11.5 Å². The standard InChI is InChI=1S/C15H18FN3O/c1-9(2)15-18-8-14(13(7-17)19-15)20-11-4-5-12(16)10(3)6-11/h4-6,8-9H,7,17H2,1-3H3. The molecule has 2 aromatic rings. The molecule has 0 amide bonds. The van der Waals surface area contributed by atoms with Crippen LogP contribution in [0.15, 0.2) is 24.4 Å². The Balaban J connectivity index is 2.30. The lowest BCUT2D eigenvalue weighted by Gasteiger charge is -2.12. The second-order valence-electron chi connectivity index (χ2n) is 4.91. The maximum atomic E-state index is 13.2. The zero-order valence-electron chi connectivity index (χ0n) is 11.9. The van der Waals surface area contributed by atoms with Crippen molar-refractivity contribution in [3.05, 3.63) is 47.3 Å². The molecule has 4 nitrogen and oxygen atoms in total. The van der Waals surface area contributed by atoms with Gasteiger partial charge in [0.25, 0.3) is 0 Å². The SMILES string of the molecule is Cc1cc(Oc2cnc(C(C)C)nc2CN)ccc1F. The first-order valence-corrected chi connectivity index (χ1v) is 6.51. The third kappa shape index (κ3) is 3.11. The number of hydrogen-bond donors (Lipinski definition) is 1. The second kappa shape index (κ2) is 5.96. The van der Waals surface area contributed by atoms with Crippen molar-refractivity contribution in [1.29, 1.82) is 0 Å². The lowest BCUT2D eigenvalue weighted by atomic mass is 10.2. The molecule has 0 bridgehead atoms. The number of ether oxygens (including phenoxy) is 1. The van der Waals surface area contributed by atoms with Crippen molar-refractivity contribution in [2.24, 2.45) is 5.73 Å². The number of rotatable bonds is 4. The minimum absolute atomic E-state index is 0.224. The summed E-state index contributed by atoms with van der Waals surface area (Å²) in [6, 6.07) is 4.57. The molecule has 0 aliphatic carbocycles. The van der Waals surface area contributed by atoms with Gasteiger partial charge in [-0.05, 0) is 30.7 Å². The highest BCUT2D eigenvalue weighted by molar-refractivity contribution is 5.35. The third-order valence-corrected chi connectivity index (χ3v) is 2.91. The van der Waals surface area contributed by atoms with Gasteiger partial charge in [0, 0.05) is 12.5 Å². The first-order chi connectivity index (χ1) is 9.51. The summed E-state index contributed by atoms with van der Waals surface area (Å²) < 4.78 is 18.9. The Bertz CT molecular complexity index is 614. The van der Waals surface area contributed by atoms with Crippen LogP contribution in [0.4, 0.5) is 4.39 Å². The van der Waals surface area contributed by atoms with Gasteiger partial charge in [0.15, 0.2) is 5.75 Å². The second-order valence-corrected chi connectivity index (χ2v) is 4.91. The molecule has 1 heterocycles. The fourth-order valence-corrected chi connectivity index (χ4v) is 1.74. The molecule has 0 saturated carbocycles. The largest absolute Gasteiger partial charge is 0.454 e. The van der Waals surface area contributed by atoms with Crippen molar-refractivity contribution < 1.29 is 9.13 Å². The minimum Gasteiger partial charge on any atom is -0.454 e. The van der Waals surface area contributed by atoms with E-state index in [-0.39, 0.29) is 18.3 Å². The van der Waals surface area contributed by atoms with Gasteiger partial charge in [-0.1, -0.05) is 13.8 Å². The average molecular weight is 275 g/mol. The van der Waals surface area contributed by atoms with Crippen molar-refractivity contribution in [1.82, 2.24) is 9.97 Å². The lowest BCUT2D eigenvalue weighted by molar-refractivity contribution is 0.465. The molecule has 0 radical (unpaired) electrons. The zero-order valence-corrected chi connectivity index (χ0v) is 11.9. The smallest absolute Gasteiger partial charge is 0.168 e. The predicted octanol–water partition coefficient (Wildman–Crippen LogP) is 3.30. The first kappa shape index (κ1) is 14.4. The monoisotopic (exact) mass is 275 g/mol. The minimum atomic E-state index is -0.261. The van der Waals surface area contributed by atoms with Gasteiger partial charge in [0.1, 0.15) is 23.1 Å². The Labute approximate surface area is 117 Å². The molecule has 1 aromatic heterocycles. The number of halogens is 1. The summed E-state index contributed by atoms with van der Waals surface area (Å²) >= 11 is 0. The van der Waals surface area contributed by atoms with Crippen LogP contribution in [0.1, 0.15) is 36.8 Å². The van der Waals surface area contributed by atoms with Crippen LogP contribution in [0.25, 0.3) is 0 Å². The van der Waals surface area contributed by atoms with Crippen molar-refractivity contribution in [3.8, 4) is 11.5 Å². The van der Waals surface area contributed by atoms with E-state index in [0.29, 0.717) is 22.8 Å². The predicted molar refractivity (Wildman–Crippen MR) is 75.2 cm³/mol. The molecule has 106 valence electrons. The average Bonchev–Trinajstić information content (AvgIpc) is 2.43. The summed E-state index contributed by atoms with van der Waals surface area (Å²) in [5.41, 5.74) is 6.87. The highest BCUT2D eigenvalue weighted by Crippen LogP contribution is 2.26. The number of aromatic nitrogens is 2. The summed E-state index contributed by atoms with van der Waals surface area (Å²) in [4.78, 5) is 8.65. The summed E-state index contributed by atoms with van der Waals surface area (Å²) in [5, 5.41) is 0. The molecule has 2 N–H and O–H groups in total. The molecule has 20 heavy (non-hydrogen) atoms. The van der Waals surface area contributed by atoms with E-state index in [0.717, 1.165) is 5.82 Å². The summed E-state index contributed by atoms with van der Waals surface area (Å²) in [7, 11) is 0. The Morgan fingerprint density at radius 1 is 1.35 bits per heavy atom. The van der Waals surface area contributed by atoms with Gasteiger partial charge >= 0.3 is 0 Å². The fourth-order valence-electron chi connectivity index (χ4n) is 1.74. The molecule has 0 atom stereocenters. The zero-order chi connectivity index (χ0) is 14.7. The van der Waals surface area contributed by atoms with Gasteiger partial charge in [0.2, 0.25) is 0 Å². The fraction of sp³-hybridized carbons (Fsp3) is 0.333. The summed E-state index contributed by atoms with van der Waals surface area (Å²) in [5.74, 6) is 1.74. The third-order valence-electron chi connectivity index (χ3n) is 2.91. The summed E-state index contributed by atoms with van der Waals surface area (Å²) in [6.45, 7) is 5.97. The maximum absolute atomic E-state index is 13.2. The van der Waals surface area contributed by atoms with E-state index in [1.807, 2.05) is 13.8 Å². The van der Waals surface area contributed by atoms with Crippen LogP contribution in [-0.4, -0.2) is 9.97 Å². The van der Waals surface area contributed by atoms with E-state index in [2.05, 4.69) is 9.97 Å². The van der Waals surface area contributed by atoms with E-state index in [1.165, 1.54) is 6.07 Å². The van der Waals surface area contributed by atoms with Crippen LogP contribution in [-0.2, 0) is 6.54 Å². The molecule has 2 rings (SSSR count). The quantitative estimate of drug-likeness (QED) is 0.930. The van der Waals surface area contributed by atoms with Gasteiger partial charge in [-0.15, -0.1) is 0 Å². The molecular weight excluding hydrogens is 257 g/mol. The Morgan fingerprint density at radius 2 is 2.10 bits per heavy atom. The van der Waals surface area contributed by atoms with Gasteiger partial charge in [-0.3, -0.25) is 0 Å². The number of hydrogen-bond acceptors (Lipinski definition) is 4. The van der Waals surface area contributed by atoms with Gasteiger partial charge in [-0.2, -0.15) is 0 Å². The molecule has 0 saturated heterocycles. The van der Waals surface area contributed by atoms with Crippen molar-refractivity contribution >= 4 is 0 Å². The number of nitrogens with zero attached hydrogens (tertiary/aromatic N) is 2. The van der Waals surface area contributed by atoms with Crippen LogP contribution in [0, 0.1) is 12.7 Å². The number of nitrogens with two attached hydrogens (primary N) is 1. The molecule has 0 aliphatic heterocycles. The molecule has 1 aromatic carbocycles. The summed E-state index contributed by atoms with van der Waals surface area (Å²) in [6.07, 6.45) is 1.61. The van der Waals surface area contributed by atoms with Crippen LogP contribution < -0.4 is 10.5 Å². The molecule has 0 unspecified atom stereocenters. The van der Waals surface area contributed by atoms with E-state index < -0.39 is 0 Å². The van der Waals surface area contributed by atoms with Gasteiger partial charge in [-0.25, -0.2) is 14.4 Å². The first-order valence-electron chi connectivity index (χ1n) is 6.51. The highest BCUT2D eigenvalue weighted by Gasteiger charge is 2.11. The van der Waals surface area contributed by atoms with E-state index in [4.69, 9.17) is 10.5 Å². The van der Waals surface area contributed by atoms with Gasteiger partial charge < -0.3 is 10.5 Å². The van der Waals surface area contributed by atoms with Crippen LogP contribution in [0.2, 0.25) is 0 Å². The lowest BCUT2D eigenvalue weighted by Crippen LogP contribution is -2.07. The van der Waals surface area contributed by atoms with Gasteiger partial charge in [0.05, 0.1) is 6.20 Å². The van der Waals surface area contributed by atoms with Crippen molar-refractivity contribution in [3.63, 3.8) is 0 Å². The van der Waals surface area contributed by atoms with E-state index in [1.54, 1.807) is 25.3 Å². The molecule has 0 spiro atoms. The Morgan fingerprint density at radius 3 is 2.70 bits per heavy atom. The molecule has 5 heteroatoms. The number of benzene rings is 1. The highest BCUT2D eigenvalue weighted by atomic mass is 19.1. The Kier molecular flexibility index (Phi) is 4.29. The van der Waals surface area contributed by atoms with Crippen molar-refractivity contribution in [2.45, 2.75) is 33.2 Å². The maximum Gasteiger partial charge on any atom is 0.168 e. The van der Waals surface area contributed by atoms with E-state index >= 15 is 0 Å². The Hall–Kier alpha value is -2.01. The normalized spacial score (nSPS) is 10.9. The van der Waals surface area contributed by atoms with Crippen LogP contribution in [0.3, 0.4) is 0 Å². The molecule has 0 fully saturated rings. The molecule has 0 aliphatic rings. The van der Waals surface area contributed by atoms with Crippen molar-refractivity contribution in [2.75, 3.05) is 0 Å². The molecular formula is C15H18FN3O. The topological polar surface area (TPSA) is 61.0 Å². The van der Waals surface area contributed by atoms with Crippen LogP contribution >= 0.6 is 0 Å².